The molecule has 1 heterocycles. The third kappa shape index (κ3) is 4.12. The first-order chi connectivity index (χ1) is 13.0. The normalized spacial score (nSPS) is 19.0. The minimum absolute atomic E-state index is 0.330. The quantitative estimate of drug-likeness (QED) is 0.466. The maximum Gasteiger partial charge on any atom is 0.308 e. The lowest BCUT2D eigenvalue weighted by atomic mass is 10.1. The molecule has 0 aliphatic carbocycles. The Labute approximate surface area is 162 Å². The summed E-state index contributed by atoms with van der Waals surface area (Å²) in [5, 5.41) is 3.14. The summed E-state index contributed by atoms with van der Waals surface area (Å²) in [5.74, 6) is 0. The molecule has 0 bridgehead atoms. The average Bonchev–Trinajstić information content (AvgIpc) is 2.97. The fourth-order valence-electron chi connectivity index (χ4n) is 3.76. The van der Waals surface area contributed by atoms with E-state index in [1.54, 1.807) is 4.90 Å². The van der Waals surface area contributed by atoms with Gasteiger partial charge in [0.05, 0.1) is 11.4 Å². The molecule has 0 saturated heterocycles. The Morgan fingerprint density at radius 1 is 0.963 bits per heavy atom. The highest BCUT2D eigenvalue weighted by Crippen LogP contribution is 2.45. The Morgan fingerprint density at radius 3 is 2.33 bits per heavy atom. The van der Waals surface area contributed by atoms with E-state index in [1.807, 2.05) is 54.6 Å². The van der Waals surface area contributed by atoms with Gasteiger partial charge in [-0.15, -0.1) is 0 Å². The molecule has 3 rings (SSSR count). The third-order valence-electron chi connectivity index (χ3n) is 5.19. The molecule has 0 fully saturated rings. The first-order valence-electron chi connectivity index (χ1n) is 9.64. The van der Waals surface area contributed by atoms with Crippen molar-refractivity contribution in [2.45, 2.75) is 57.0 Å². The lowest BCUT2D eigenvalue weighted by Crippen LogP contribution is -2.56. The van der Waals surface area contributed by atoms with Gasteiger partial charge < -0.3 is 10.2 Å². The van der Waals surface area contributed by atoms with Crippen LogP contribution in [0.1, 0.15) is 51.0 Å². The zero-order valence-corrected chi connectivity index (χ0v) is 16.6. The minimum atomic E-state index is -4.38. The van der Waals surface area contributed by atoms with Gasteiger partial charge in [0.1, 0.15) is 0 Å². The second-order valence-corrected chi connectivity index (χ2v) is 8.76. The molecule has 27 heavy (non-hydrogen) atoms. The predicted octanol–water partition coefficient (Wildman–Crippen LogP) is 5.02. The fourth-order valence-corrected chi connectivity index (χ4v) is 4.85. The van der Waals surface area contributed by atoms with Crippen molar-refractivity contribution in [1.29, 1.82) is 0 Å². The van der Waals surface area contributed by atoms with Crippen molar-refractivity contribution >= 4 is 21.5 Å². The van der Waals surface area contributed by atoms with Gasteiger partial charge in [-0.1, -0.05) is 75.1 Å². The van der Waals surface area contributed by atoms with Crippen LogP contribution in [0.3, 0.4) is 0 Å². The van der Waals surface area contributed by atoms with Crippen LogP contribution in [0.25, 0.3) is 0 Å². The van der Waals surface area contributed by atoms with Gasteiger partial charge in [0.2, 0.25) is 4.99 Å². The maximum atomic E-state index is 12.6. The summed E-state index contributed by atoms with van der Waals surface area (Å²) in [5.41, 5.74) is 2.53. The van der Waals surface area contributed by atoms with Gasteiger partial charge in [-0.3, -0.25) is 4.55 Å². The summed E-state index contributed by atoms with van der Waals surface area (Å²) in [4.78, 5) is 0.269. The monoisotopic (exact) mass is 388 g/mol. The third-order valence-corrected chi connectivity index (χ3v) is 6.57. The van der Waals surface area contributed by atoms with Crippen molar-refractivity contribution < 1.29 is 13.0 Å². The molecule has 2 aromatic carbocycles. The summed E-state index contributed by atoms with van der Waals surface area (Å²) >= 11 is 0. The Hall–Kier alpha value is -2.05. The summed E-state index contributed by atoms with van der Waals surface area (Å²) in [6, 6.07) is 17.3. The number of rotatable bonds is 9. The molecular weight excluding hydrogens is 360 g/mol. The summed E-state index contributed by atoms with van der Waals surface area (Å²) in [6.07, 6.45) is 5.35. The largest absolute Gasteiger partial charge is 0.346 e. The lowest BCUT2D eigenvalue weighted by molar-refractivity contribution is 0.408. The predicted molar refractivity (Wildman–Crippen MR) is 110 cm³/mol. The van der Waals surface area contributed by atoms with Crippen molar-refractivity contribution in [1.82, 2.24) is 0 Å². The van der Waals surface area contributed by atoms with E-state index in [0.29, 0.717) is 13.0 Å². The van der Waals surface area contributed by atoms with Gasteiger partial charge in [-0.05, 0) is 24.1 Å². The summed E-state index contributed by atoms with van der Waals surface area (Å²) in [7, 11) is -4.38. The van der Waals surface area contributed by atoms with Crippen LogP contribution in [0.5, 0.6) is 0 Å². The molecule has 6 heteroatoms. The highest BCUT2D eigenvalue weighted by Gasteiger charge is 2.52. The highest BCUT2D eigenvalue weighted by molar-refractivity contribution is 7.87. The molecule has 2 aromatic rings. The number of hydrogen-bond acceptors (Lipinski definition) is 4. The standard InChI is InChI=1S/C21H28N2O3S/c1-2-3-4-5-11-16-21(27(24,25)26)22-19-14-9-10-15-20(19)23(21)17-18-12-7-6-8-13-18/h6-10,12-15,22H,2-5,11,16-17H2,1H3,(H,24,25,26). The Kier molecular flexibility index (Phi) is 6.07. The Bertz CT molecular complexity index is 855. The molecule has 0 aromatic heterocycles. The number of unbranched alkanes of at least 4 members (excludes halogenated alkanes) is 4. The SMILES string of the molecule is CCCCCCCC1(S(=O)(=O)O)Nc2ccccc2N1Cc1ccccc1. The molecule has 0 amide bonds. The Balaban J connectivity index is 1.94. The van der Waals surface area contributed by atoms with Gasteiger partial charge in [0, 0.05) is 13.0 Å². The molecule has 2 N–H and O–H groups in total. The first kappa shape index (κ1) is 19.7. The highest BCUT2D eigenvalue weighted by atomic mass is 32.2. The van der Waals surface area contributed by atoms with E-state index in [2.05, 4.69) is 12.2 Å². The number of hydrogen-bond donors (Lipinski definition) is 2. The number of para-hydroxylation sites is 2. The van der Waals surface area contributed by atoms with Crippen LogP contribution in [0.4, 0.5) is 11.4 Å². The van der Waals surface area contributed by atoms with Crippen LogP contribution in [0.15, 0.2) is 54.6 Å². The molecule has 146 valence electrons. The van der Waals surface area contributed by atoms with Gasteiger partial charge in [-0.25, -0.2) is 0 Å². The lowest BCUT2D eigenvalue weighted by Gasteiger charge is -2.37. The zero-order valence-electron chi connectivity index (χ0n) is 15.8. The van der Waals surface area contributed by atoms with Crippen molar-refractivity contribution in [2.24, 2.45) is 0 Å². The van der Waals surface area contributed by atoms with Crippen LogP contribution >= 0.6 is 0 Å². The Morgan fingerprint density at radius 2 is 1.63 bits per heavy atom. The molecule has 5 nitrogen and oxygen atoms in total. The van der Waals surface area contributed by atoms with Crippen molar-refractivity contribution in [3.05, 3.63) is 60.2 Å². The molecule has 0 saturated carbocycles. The van der Waals surface area contributed by atoms with Crippen molar-refractivity contribution in [3.8, 4) is 0 Å². The topological polar surface area (TPSA) is 69.6 Å². The van der Waals surface area contributed by atoms with Gasteiger partial charge in [-0.2, -0.15) is 8.42 Å². The van der Waals surface area contributed by atoms with Crippen LogP contribution < -0.4 is 10.2 Å². The van der Waals surface area contributed by atoms with Crippen LogP contribution in [0, 0.1) is 0 Å². The van der Waals surface area contributed by atoms with E-state index in [4.69, 9.17) is 0 Å². The molecule has 0 radical (unpaired) electrons. The van der Waals surface area contributed by atoms with E-state index in [1.165, 1.54) is 0 Å². The van der Waals surface area contributed by atoms with E-state index >= 15 is 0 Å². The van der Waals surface area contributed by atoms with E-state index in [9.17, 15) is 13.0 Å². The number of nitrogens with zero attached hydrogens (tertiary/aromatic N) is 1. The second-order valence-electron chi connectivity index (χ2n) is 7.14. The van der Waals surface area contributed by atoms with Crippen LogP contribution in [0.2, 0.25) is 0 Å². The number of nitrogens with one attached hydrogen (secondary N) is 1. The van der Waals surface area contributed by atoms with E-state index in [0.717, 1.165) is 49.0 Å². The van der Waals surface area contributed by atoms with Crippen molar-refractivity contribution in [2.75, 3.05) is 10.2 Å². The van der Waals surface area contributed by atoms with Crippen molar-refractivity contribution in [3.63, 3.8) is 0 Å². The second kappa shape index (κ2) is 8.31. The molecule has 1 aliphatic rings. The van der Waals surface area contributed by atoms with Gasteiger partial charge in [0.25, 0.3) is 0 Å². The molecule has 1 atom stereocenters. The molecule has 0 spiro atoms. The minimum Gasteiger partial charge on any atom is -0.346 e. The molecule has 1 unspecified atom stereocenters. The number of anilines is 2. The van der Waals surface area contributed by atoms with Crippen LogP contribution in [-0.2, 0) is 16.7 Å². The van der Waals surface area contributed by atoms with E-state index < -0.39 is 15.1 Å². The first-order valence-corrected chi connectivity index (χ1v) is 11.1. The van der Waals surface area contributed by atoms with Gasteiger partial charge >= 0.3 is 10.1 Å². The number of fused-ring (bicyclic) bond motifs is 1. The van der Waals surface area contributed by atoms with Crippen LogP contribution in [-0.4, -0.2) is 18.0 Å². The maximum absolute atomic E-state index is 12.6. The fraction of sp³-hybridized carbons (Fsp3) is 0.429. The number of benzene rings is 2. The molecule has 1 aliphatic heterocycles. The van der Waals surface area contributed by atoms with Gasteiger partial charge in [0.15, 0.2) is 0 Å². The zero-order chi connectivity index (χ0) is 19.3. The smallest absolute Gasteiger partial charge is 0.308 e. The average molecular weight is 389 g/mol. The summed E-state index contributed by atoms with van der Waals surface area (Å²) in [6.45, 7) is 2.55. The van der Waals surface area contributed by atoms with E-state index in [-0.39, 0.29) is 0 Å². The summed E-state index contributed by atoms with van der Waals surface area (Å²) < 4.78 is 35.5. The molecular formula is C21H28N2O3S.